The molecule has 0 spiro atoms. The van der Waals surface area contributed by atoms with Crippen LogP contribution in [0.3, 0.4) is 0 Å². The van der Waals surface area contributed by atoms with Crippen molar-refractivity contribution >= 4 is 11.7 Å². The Bertz CT molecular complexity index is 534. The maximum absolute atomic E-state index is 11.2. The Morgan fingerprint density at radius 3 is 2.94 bits per heavy atom. The number of anilines is 1. The molecule has 0 bridgehead atoms. The van der Waals surface area contributed by atoms with Crippen molar-refractivity contribution in [2.45, 2.75) is 6.54 Å². The fourth-order valence-corrected chi connectivity index (χ4v) is 1.49. The molecule has 88 valence electrons. The number of hydrogen-bond acceptors (Lipinski definition) is 4. The Kier molecular flexibility index (Phi) is 3.04. The summed E-state index contributed by atoms with van der Waals surface area (Å²) < 4.78 is 1.75. The van der Waals surface area contributed by atoms with Crippen molar-refractivity contribution in [1.82, 2.24) is 14.8 Å². The maximum Gasteiger partial charge on any atom is 0.252 e. The molecule has 0 radical (unpaired) electrons. The number of nitrogens with one attached hydrogen (secondary N) is 1. The van der Waals surface area contributed by atoms with Gasteiger partial charge in [0.15, 0.2) is 0 Å². The first-order chi connectivity index (χ1) is 8.18. The molecule has 2 aromatic heterocycles. The molecule has 6 nitrogen and oxygen atoms in total. The number of primary amides is 1. The van der Waals surface area contributed by atoms with Gasteiger partial charge < -0.3 is 11.1 Å². The molecule has 0 aliphatic rings. The second-order valence-electron chi connectivity index (χ2n) is 3.56. The van der Waals surface area contributed by atoms with Crippen LogP contribution in [0, 0.1) is 0 Å². The molecule has 0 saturated heterocycles. The summed E-state index contributed by atoms with van der Waals surface area (Å²) in [5, 5.41) is 7.12. The maximum atomic E-state index is 11.2. The van der Waals surface area contributed by atoms with E-state index >= 15 is 0 Å². The fourth-order valence-electron chi connectivity index (χ4n) is 1.49. The number of amides is 1. The summed E-state index contributed by atoms with van der Waals surface area (Å²) in [6, 6.07) is 5.20. The van der Waals surface area contributed by atoms with Crippen LogP contribution in [0.2, 0.25) is 0 Å². The van der Waals surface area contributed by atoms with Crippen molar-refractivity contribution in [3.63, 3.8) is 0 Å². The second kappa shape index (κ2) is 4.65. The first-order valence-corrected chi connectivity index (χ1v) is 5.14. The Hall–Kier alpha value is -2.37. The lowest BCUT2D eigenvalue weighted by atomic mass is 10.2. The molecule has 2 aromatic rings. The quantitative estimate of drug-likeness (QED) is 0.803. The van der Waals surface area contributed by atoms with E-state index in [1.807, 2.05) is 13.1 Å². The normalized spacial score (nSPS) is 10.2. The third-order valence-electron chi connectivity index (χ3n) is 2.43. The van der Waals surface area contributed by atoms with E-state index < -0.39 is 5.91 Å². The van der Waals surface area contributed by atoms with Gasteiger partial charge >= 0.3 is 0 Å². The zero-order chi connectivity index (χ0) is 12.3. The van der Waals surface area contributed by atoms with E-state index in [2.05, 4.69) is 15.4 Å². The molecule has 2 rings (SSSR count). The van der Waals surface area contributed by atoms with Crippen LogP contribution >= 0.6 is 0 Å². The van der Waals surface area contributed by atoms with Gasteiger partial charge in [-0.1, -0.05) is 0 Å². The van der Waals surface area contributed by atoms with Crippen molar-refractivity contribution in [3.8, 4) is 0 Å². The molecular formula is C11H13N5O. The average molecular weight is 231 g/mol. The van der Waals surface area contributed by atoms with E-state index in [0.29, 0.717) is 17.9 Å². The molecule has 0 aliphatic carbocycles. The molecular weight excluding hydrogens is 218 g/mol. The van der Waals surface area contributed by atoms with Crippen LogP contribution in [0.4, 0.5) is 5.82 Å². The van der Waals surface area contributed by atoms with Gasteiger partial charge in [0.05, 0.1) is 17.8 Å². The van der Waals surface area contributed by atoms with Gasteiger partial charge in [0.25, 0.3) is 5.91 Å². The number of hydrogen-bond donors (Lipinski definition) is 2. The summed E-state index contributed by atoms with van der Waals surface area (Å²) in [4.78, 5) is 15.3. The minimum atomic E-state index is -0.495. The van der Waals surface area contributed by atoms with Gasteiger partial charge in [-0.3, -0.25) is 9.48 Å². The molecule has 0 fully saturated rings. The third kappa shape index (κ3) is 2.41. The standard InChI is InChI=1S/C11H13N5O/c1-16-8(4-6-15-16)7-14-11-9(10(12)17)3-2-5-13-11/h2-6H,7H2,1H3,(H2,12,17)(H,13,14). The van der Waals surface area contributed by atoms with E-state index in [-0.39, 0.29) is 0 Å². The van der Waals surface area contributed by atoms with Gasteiger partial charge in [0.1, 0.15) is 5.82 Å². The van der Waals surface area contributed by atoms with Crippen LogP contribution in [0.1, 0.15) is 16.1 Å². The number of aromatic nitrogens is 3. The SMILES string of the molecule is Cn1nccc1CNc1ncccc1C(N)=O. The van der Waals surface area contributed by atoms with Crippen molar-refractivity contribution in [1.29, 1.82) is 0 Å². The Labute approximate surface area is 98.5 Å². The van der Waals surface area contributed by atoms with E-state index in [9.17, 15) is 4.79 Å². The number of aryl methyl sites for hydroxylation is 1. The lowest BCUT2D eigenvalue weighted by Gasteiger charge is -2.08. The highest BCUT2D eigenvalue weighted by molar-refractivity contribution is 5.97. The number of nitrogens with zero attached hydrogens (tertiary/aromatic N) is 3. The minimum Gasteiger partial charge on any atom is -0.365 e. The molecule has 0 aliphatic heterocycles. The van der Waals surface area contributed by atoms with E-state index in [4.69, 9.17) is 5.73 Å². The highest BCUT2D eigenvalue weighted by atomic mass is 16.1. The predicted octanol–water partition coefficient (Wildman–Crippen LogP) is 0.526. The molecule has 3 N–H and O–H groups in total. The van der Waals surface area contributed by atoms with Crippen LogP contribution in [0.25, 0.3) is 0 Å². The molecule has 17 heavy (non-hydrogen) atoms. The van der Waals surface area contributed by atoms with Gasteiger partial charge in [-0.25, -0.2) is 4.98 Å². The fraction of sp³-hybridized carbons (Fsp3) is 0.182. The summed E-state index contributed by atoms with van der Waals surface area (Å²) in [5.74, 6) is -0.00759. The van der Waals surface area contributed by atoms with Crippen molar-refractivity contribution in [2.75, 3.05) is 5.32 Å². The minimum absolute atomic E-state index is 0.384. The van der Waals surface area contributed by atoms with Crippen molar-refractivity contribution in [2.24, 2.45) is 12.8 Å². The van der Waals surface area contributed by atoms with E-state index in [1.165, 1.54) is 0 Å². The average Bonchev–Trinajstić information content (AvgIpc) is 2.72. The molecule has 1 amide bonds. The van der Waals surface area contributed by atoms with Gasteiger partial charge in [-0.05, 0) is 18.2 Å². The smallest absolute Gasteiger partial charge is 0.252 e. The van der Waals surface area contributed by atoms with Crippen molar-refractivity contribution < 1.29 is 4.79 Å². The molecule has 0 atom stereocenters. The van der Waals surface area contributed by atoms with Gasteiger partial charge in [0, 0.05) is 19.4 Å². The van der Waals surface area contributed by atoms with Gasteiger partial charge in [-0.2, -0.15) is 5.10 Å². The third-order valence-corrected chi connectivity index (χ3v) is 2.43. The summed E-state index contributed by atoms with van der Waals surface area (Å²) in [6.07, 6.45) is 3.32. The van der Waals surface area contributed by atoms with Crippen LogP contribution in [-0.2, 0) is 13.6 Å². The lowest BCUT2D eigenvalue weighted by Crippen LogP contribution is -2.16. The highest BCUT2D eigenvalue weighted by Crippen LogP contribution is 2.11. The molecule has 6 heteroatoms. The first kappa shape index (κ1) is 11.1. The molecule has 0 saturated carbocycles. The van der Waals surface area contributed by atoms with Crippen LogP contribution in [-0.4, -0.2) is 20.7 Å². The number of carbonyl (C=O) groups is 1. The van der Waals surface area contributed by atoms with Gasteiger partial charge in [-0.15, -0.1) is 0 Å². The number of pyridine rings is 1. The lowest BCUT2D eigenvalue weighted by molar-refractivity contribution is 0.100. The Morgan fingerprint density at radius 2 is 2.29 bits per heavy atom. The molecule has 0 unspecified atom stereocenters. The second-order valence-corrected chi connectivity index (χ2v) is 3.56. The zero-order valence-corrected chi connectivity index (χ0v) is 9.42. The summed E-state index contributed by atoms with van der Waals surface area (Å²) in [7, 11) is 1.85. The Morgan fingerprint density at radius 1 is 1.47 bits per heavy atom. The molecule has 0 aromatic carbocycles. The summed E-state index contributed by atoms with van der Waals surface area (Å²) in [6.45, 7) is 0.536. The highest BCUT2D eigenvalue weighted by Gasteiger charge is 2.08. The van der Waals surface area contributed by atoms with Crippen LogP contribution < -0.4 is 11.1 Å². The topological polar surface area (TPSA) is 85.8 Å². The monoisotopic (exact) mass is 231 g/mol. The Balaban J connectivity index is 2.14. The largest absolute Gasteiger partial charge is 0.365 e. The van der Waals surface area contributed by atoms with E-state index in [1.54, 1.807) is 29.2 Å². The number of rotatable bonds is 4. The van der Waals surface area contributed by atoms with E-state index in [0.717, 1.165) is 5.69 Å². The predicted molar refractivity (Wildman–Crippen MR) is 63.3 cm³/mol. The van der Waals surface area contributed by atoms with Gasteiger partial charge in [0.2, 0.25) is 0 Å². The number of carbonyl (C=O) groups excluding carboxylic acids is 1. The zero-order valence-electron chi connectivity index (χ0n) is 9.42. The van der Waals surface area contributed by atoms with Crippen molar-refractivity contribution in [3.05, 3.63) is 41.9 Å². The summed E-state index contributed by atoms with van der Waals surface area (Å²) in [5.41, 5.74) is 6.63. The molecule has 2 heterocycles. The first-order valence-electron chi connectivity index (χ1n) is 5.14. The summed E-state index contributed by atoms with van der Waals surface area (Å²) >= 11 is 0. The van der Waals surface area contributed by atoms with Crippen LogP contribution in [0.15, 0.2) is 30.6 Å². The van der Waals surface area contributed by atoms with Crippen LogP contribution in [0.5, 0.6) is 0 Å². The number of nitrogens with two attached hydrogens (primary N) is 1.